The molecule has 4 nitrogen and oxygen atoms in total. The second-order valence-electron chi connectivity index (χ2n) is 6.50. The molecule has 0 aliphatic carbocycles. The topological polar surface area (TPSA) is 50.7 Å². The van der Waals surface area contributed by atoms with Crippen LogP contribution in [0.3, 0.4) is 0 Å². The number of nitrogens with one attached hydrogen (secondary N) is 1. The number of rotatable bonds is 13. The maximum Gasteiger partial charge on any atom is 0.119 e. The molecule has 27 heavy (non-hydrogen) atoms. The number of ether oxygens (including phenoxy) is 2. The predicted octanol–water partition coefficient (Wildman–Crippen LogP) is 3.65. The van der Waals surface area contributed by atoms with Crippen LogP contribution in [0.5, 0.6) is 5.75 Å². The summed E-state index contributed by atoms with van der Waals surface area (Å²) in [6, 6.07) is 18.5. The number of aliphatic hydroxyl groups is 1. The molecule has 5 heteroatoms. The van der Waals surface area contributed by atoms with Crippen LogP contribution in [0.4, 0.5) is 0 Å². The summed E-state index contributed by atoms with van der Waals surface area (Å²) in [4.78, 5) is 0. The Labute approximate surface area is 169 Å². The van der Waals surface area contributed by atoms with E-state index in [0.717, 1.165) is 44.6 Å². The van der Waals surface area contributed by atoms with Crippen molar-refractivity contribution < 1.29 is 14.6 Å². The molecule has 2 aromatic carbocycles. The maximum atomic E-state index is 10.0. The average molecular weight is 394 g/mol. The third-order valence-corrected chi connectivity index (χ3v) is 4.25. The lowest BCUT2D eigenvalue weighted by atomic mass is 10.1. The van der Waals surface area contributed by atoms with Crippen LogP contribution in [0.15, 0.2) is 54.6 Å². The first-order valence-corrected chi connectivity index (χ1v) is 9.41. The smallest absolute Gasteiger partial charge is 0.119 e. The van der Waals surface area contributed by atoms with Crippen molar-refractivity contribution in [3.63, 3.8) is 0 Å². The molecule has 0 saturated carbocycles. The van der Waals surface area contributed by atoms with Crippen molar-refractivity contribution in [3.8, 4) is 5.75 Å². The SMILES string of the molecule is COCCc1ccc(OCC(O)CNCCCCc2ccccc2)cc1.Cl. The summed E-state index contributed by atoms with van der Waals surface area (Å²) < 4.78 is 10.7. The van der Waals surface area contributed by atoms with Crippen molar-refractivity contribution in [1.29, 1.82) is 0 Å². The molecule has 2 N–H and O–H groups in total. The number of benzene rings is 2. The van der Waals surface area contributed by atoms with Gasteiger partial charge in [0.05, 0.1) is 6.61 Å². The molecular weight excluding hydrogens is 362 g/mol. The van der Waals surface area contributed by atoms with Gasteiger partial charge in [0.25, 0.3) is 0 Å². The highest BCUT2D eigenvalue weighted by atomic mass is 35.5. The predicted molar refractivity (Wildman–Crippen MR) is 113 cm³/mol. The van der Waals surface area contributed by atoms with Gasteiger partial charge in [0.15, 0.2) is 0 Å². The second-order valence-corrected chi connectivity index (χ2v) is 6.50. The summed E-state index contributed by atoms with van der Waals surface area (Å²) in [6.07, 6.45) is 3.75. The summed E-state index contributed by atoms with van der Waals surface area (Å²) in [7, 11) is 1.70. The molecular formula is C22H32ClNO3. The normalized spacial score (nSPS) is 11.6. The first-order valence-electron chi connectivity index (χ1n) is 9.41. The molecule has 0 saturated heterocycles. The van der Waals surface area contributed by atoms with Gasteiger partial charge < -0.3 is 19.9 Å². The van der Waals surface area contributed by atoms with Gasteiger partial charge in [0.2, 0.25) is 0 Å². The minimum absolute atomic E-state index is 0. The summed E-state index contributed by atoms with van der Waals surface area (Å²) in [5.74, 6) is 0.785. The van der Waals surface area contributed by atoms with E-state index in [9.17, 15) is 5.11 Å². The average Bonchev–Trinajstić information content (AvgIpc) is 2.69. The van der Waals surface area contributed by atoms with E-state index in [2.05, 4.69) is 29.6 Å². The van der Waals surface area contributed by atoms with Gasteiger partial charge in [0, 0.05) is 13.7 Å². The minimum Gasteiger partial charge on any atom is -0.491 e. The largest absolute Gasteiger partial charge is 0.491 e. The molecule has 2 rings (SSSR count). The van der Waals surface area contributed by atoms with Crippen molar-refractivity contribution in [2.45, 2.75) is 31.8 Å². The zero-order chi connectivity index (χ0) is 18.5. The molecule has 150 valence electrons. The van der Waals surface area contributed by atoms with Crippen molar-refractivity contribution in [1.82, 2.24) is 5.32 Å². The van der Waals surface area contributed by atoms with Crippen LogP contribution in [0.2, 0.25) is 0 Å². The van der Waals surface area contributed by atoms with E-state index < -0.39 is 6.10 Å². The number of unbranched alkanes of at least 4 members (excludes halogenated alkanes) is 1. The molecule has 0 spiro atoms. The maximum absolute atomic E-state index is 10.0. The Bertz CT molecular complexity index is 592. The summed E-state index contributed by atoms with van der Waals surface area (Å²) in [6.45, 7) is 2.49. The molecule has 0 heterocycles. The first-order chi connectivity index (χ1) is 12.8. The lowest BCUT2D eigenvalue weighted by Crippen LogP contribution is -2.32. The number of methoxy groups -OCH3 is 1. The standard InChI is InChI=1S/C22H31NO3.ClH/c1-25-16-14-20-10-12-22(13-11-20)26-18-21(24)17-23-15-6-5-9-19-7-3-2-4-8-19;/h2-4,7-8,10-13,21,23-24H,5-6,9,14-18H2,1H3;1H. The molecule has 0 aliphatic heterocycles. The van der Waals surface area contributed by atoms with Crippen LogP contribution in [-0.2, 0) is 17.6 Å². The van der Waals surface area contributed by atoms with Gasteiger partial charge >= 0.3 is 0 Å². The monoisotopic (exact) mass is 393 g/mol. The highest BCUT2D eigenvalue weighted by Gasteiger charge is 2.05. The highest BCUT2D eigenvalue weighted by molar-refractivity contribution is 5.85. The Morgan fingerprint density at radius 2 is 1.63 bits per heavy atom. The Morgan fingerprint density at radius 1 is 0.926 bits per heavy atom. The van der Waals surface area contributed by atoms with E-state index in [0.29, 0.717) is 13.2 Å². The summed E-state index contributed by atoms with van der Waals surface area (Å²) in [5, 5.41) is 13.3. The number of hydrogen-bond donors (Lipinski definition) is 2. The van der Waals surface area contributed by atoms with Gasteiger partial charge in [-0.2, -0.15) is 0 Å². The van der Waals surface area contributed by atoms with Gasteiger partial charge in [-0.1, -0.05) is 42.5 Å². The third-order valence-electron chi connectivity index (χ3n) is 4.25. The summed E-state index contributed by atoms with van der Waals surface area (Å²) in [5.41, 5.74) is 2.60. The molecule has 0 bridgehead atoms. The van der Waals surface area contributed by atoms with Crippen LogP contribution < -0.4 is 10.1 Å². The fraction of sp³-hybridized carbons (Fsp3) is 0.455. The zero-order valence-electron chi connectivity index (χ0n) is 16.1. The molecule has 0 aliphatic rings. The van der Waals surface area contributed by atoms with Crippen LogP contribution in [-0.4, -0.2) is 44.6 Å². The quantitative estimate of drug-likeness (QED) is 0.510. The van der Waals surface area contributed by atoms with E-state index in [1.165, 1.54) is 11.1 Å². The van der Waals surface area contributed by atoms with E-state index >= 15 is 0 Å². The third kappa shape index (κ3) is 10.4. The van der Waals surface area contributed by atoms with E-state index in [-0.39, 0.29) is 12.4 Å². The fourth-order valence-corrected chi connectivity index (χ4v) is 2.72. The lowest BCUT2D eigenvalue weighted by Gasteiger charge is -2.13. The van der Waals surface area contributed by atoms with Crippen molar-refractivity contribution in [2.24, 2.45) is 0 Å². The molecule has 1 atom stereocenters. The molecule has 0 radical (unpaired) electrons. The van der Waals surface area contributed by atoms with Crippen LogP contribution >= 0.6 is 12.4 Å². The van der Waals surface area contributed by atoms with Crippen molar-refractivity contribution in [3.05, 3.63) is 65.7 Å². The van der Waals surface area contributed by atoms with Gasteiger partial charge in [0.1, 0.15) is 18.5 Å². The van der Waals surface area contributed by atoms with E-state index in [1.54, 1.807) is 7.11 Å². The Balaban J connectivity index is 0.00000364. The Kier molecular flexibility index (Phi) is 12.6. The molecule has 0 fully saturated rings. The highest BCUT2D eigenvalue weighted by Crippen LogP contribution is 2.13. The number of halogens is 1. The first kappa shape index (κ1) is 23.4. The number of hydrogen-bond acceptors (Lipinski definition) is 4. The van der Waals surface area contributed by atoms with Gasteiger partial charge in [-0.25, -0.2) is 0 Å². The molecule has 2 aromatic rings. The van der Waals surface area contributed by atoms with Crippen LogP contribution in [0.25, 0.3) is 0 Å². The zero-order valence-corrected chi connectivity index (χ0v) is 16.9. The molecule has 0 aromatic heterocycles. The minimum atomic E-state index is -0.503. The Hall–Kier alpha value is -1.59. The lowest BCUT2D eigenvalue weighted by molar-refractivity contribution is 0.106. The van der Waals surface area contributed by atoms with Gasteiger partial charge in [-0.3, -0.25) is 0 Å². The van der Waals surface area contributed by atoms with Crippen molar-refractivity contribution in [2.75, 3.05) is 33.4 Å². The van der Waals surface area contributed by atoms with E-state index in [1.807, 2.05) is 30.3 Å². The second kappa shape index (κ2) is 14.5. The van der Waals surface area contributed by atoms with Crippen molar-refractivity contribution >= 4 is 12.4 Å². The number of aryl methyl sites for hydroxylation is 1. The number of aliphatic hydroxyl groups excluding tert-OH is 1. The van der Waals surface area contributed by atoms with Crippen LogP contribution in [0.1, 0.15) is 24.0 Å². The summed E-state index contributed by atoms with van der Waals surface area (Å²) >= 11 is 0. The fourth-order valence-electron chi connectivity index (χ4n) is 2.72. The van der Waals surface area contributed by atoms with Gasteiger partial charge in [-0.05, 0) is 55.5 Å². The Morgan fingerprint density at radius 3 is 2.33 bits per heavy atom. The van der Waals surface area contributed by atoms with E-state index in [4.69, 9.17) is 9.47 Å². The molecule has 0 amide bonds. The molecule has 1 unspecified atom stereocenters. The van der Waals surface area contributed by atoms with Crippen LogP contribution in [0, 0.1) is 0 Å². The van der Waals surface area contributed by atoms with Gasteiger partial charge in [-0.15, -0.1) is 12.4 Å².